The van der Waals surface area contributed by atoms with Crippen molar-refractivity contribution in [2.75, 3.05) is 4.72 Å². The van der Waals surface area contributed by atoms with Crippen LogP contribution in [-0.4, -0.2) is 34.4 Å². The second kappa shape index (κ2) is 5.56. The largest absolute Gasteiger partial charge is 0.481 e. The number of carboxylic acids is 1. The lowest BCUT2D eigenvalue weighted by molar-refractivity contribution is -0.137. The van der Waals surface area contributed by atoms with E-state index in [-0.39, 0.29) is 29.4 Å². The number of sulfonamides is 1. The molecule has 0 spiro atoms. The Labute approximate surface area is 120 Å². The van der Waals surface area contributed by atoms with Crippen LogP contribution in [0.1, 0.15) is 17.8 Å². The van der Waals surface area contributed by atoms with E-state index < -0.39 is 16.0 Å². The van der Waals surface area contributed by atoms with Crippen molar-refractivity contribution in [3.8, 4) is 0 Å². The first-order valence-corrected chi connectivity index (χ1v) is 7.48. The number of anilines is 1. The second-order valence-corrected chi connectivity index (χ2v) is 5.98. The van der Waals surface area contributed by atoms with Gasteiger partial charge in [0.05, 0.1) is 24.4 Å². The quantitative estimate of drug-likeness (QED) is 0.805. The lowest BCUT2D eigenvalue weighted by Gasteiger charge is -2.06. The Morgan fingerprint density at radius 2 is 2.19 bits per heavy atom. The molecule has 0 saturated carbocycles. The average molecular weight is 314 g/mol. The Balaban J connectivity index is 2.33. The molecule has 0 saturated heterocycles. The van der Waals surface area contributed by atoms with Gasteiger partial charge in [-0.05, 0) is 13.8 Å². The SMILES string of the molecule is Cc1nn(CCC(=O)O)c(C)c1S(=O)(=O)Nc1ccon1. The lowest BCUT2D eigenvalue weighted by Crippen LogP contribution is -2.15. The van der Waals surface area contributed by atoms with Crippen molar-refractivity contribution in [2.45, 2.75) is 31.7 Å². The maximum Gasteiger partial charge on any atom is 0.305 e. The summed E-state index contributed by atoms with van der Waals surface area (Å²) in [4.78, 5) is 10.6. The second-order valence-electron chi connectivity index (χ2n) is 4.36. The zero-order chi connectivity index (χ0) is 15.6. The number of nitrogens with one attached hydrogen (secondary N) is 1. The number of nitrogens with zero attached hydrogens (tertiary/aromatic N) is 3. The van der Waals surface area contributed by atoms with Crippen molar-refractivity contribution in [3.63, 3.8) is 0 Å². The topological polar surface area (TPSA) is 127 Å². The molecule has 0 aliphatic heterocycles. The summed E-state index contributed by atoms with van der Waals surface area (Å²) < 4.78 is 32.9. The van der Waals surface area contributed by atoms with Crippen molar-refractivity contribution >= 4 is 21.8 Å². The summed E-state index contributed by atoms with van der Waals surface area (Å²) in [5, 5.41) is 16.2. The third-order valence-corrected chi connectivity index (χ3v) is 4.40. The number of aliphatic carboxylic acids is 1. The fourth-order valence-electron chi connectivity index (χ4n) is 1.94. The zero-order valence-corrected chi connectivity index (χ0v) is 12.2. The molecule has 2 rings (SSSR count). The molecular weight excluding hydrogens is 300 g/mol. The van der Waals surface area contributed by atoms with Gasteiger partial charge >= 0.3 is 5.97 Å². The van der Waals surface area contributed by atoms with Gasteiger partial charge in [0.25, 0.3) is 10.0 Å². The van der Waals surface area contributed by atoms with Crippen molar-refractivity contribution < 1.29 is 22.8 Å². The van der Waals surface area contributed by atoms with E-state index in [0.717, 1.165) is 0 Å². The van der Waals surface area contributed by atoms with Crippen LogP contribution in [0.2, 0.25) is 0 Å². The van der Waals surface area contributed by atoms with Crippen LogP contribution in [-0.2, 0) is 21.4 Å². The maximum atomic E-state index is 12.3. The highest BCUT2D eigenvalue weighted by molar-refractivity contribution is 7.92. The molecule has 10 heteroatoms. The summed E-state index contributed by atoms with van der Waals surface area (Å²) in [6.07, 6.45) is 1.10. The number of rotatable bonds is 6. The van der Waals surface area contributed by atoms with Crippen molar-refractivity contribution in [1.29, 1.82) is 0 Å². The summed E-state index contributed by atoms with van der Waals surface area (Å²) in [7, 11) is -3.87. The van der Waals surface area contributed by atoms with Gasteiger partial charge < -0.3 is 9.63 Å². The molecule has 9 nitrogen and oxygen atoms in total. The molecule has 2 aromatic heterocycles. The molecule has 21 heavy (non-hydrogen) atoms. The zero-order valence-electron chi connectivity index (χ0n) is 11.4. The van der Waals surface area contributed by atoms with E-state index in [1.165, 1.54) is 17.0 Å². The summed E-state index contributed by atoms with van der Waals surface area (Å²) in [6.45, 7) is 3.21. The van der Waals surface area contributed by atoms with E-state index >= 15 is 0 Å². The van der Waals surface area contributed by atoms with Gasteiger partial charge in [0.2, 0.25) is 0 Å². The van der Waals surface area contributed by atoms with Crippen LogP contribution in [0.5, 0.6) is 0 Å². The van der Waals surface area contributed by atoms with E-state index in [4.69, 9.17) is 5.11 Å². The van der Waals surface area contributed by atoms with Crippen LogP contribution in [0.15, 0.2) is 21.7 Å². The first-order valence-electron chi connectivity index (χ1n) is 6.00. The number of aromatic nitrogens is 3. The lowest BCUT2D eigenvalue weighted by atomic mass is 10.4. The van der Waals surface area contributed by atoms with Crippen LogP contribution in [0.25, 0.3) is 0 Å². The van der Waals surface area contributed by atoms with Gasteiger partial charge in [0, 0.05) is 6.07 Å². The minimum absolute atomic E-state index is 0.0101. The van der Waals surface area contributed by atoms with E-state index in [1.807, 2.05) is 0 Å². The van der Waals surface area contributed by atoms with Crippen molar-refractivity contribution in [2.24, 2.45) is 0 Å². The number of carboxylic acid groups (broad SMARTS) is 1. The summed E-state index contributed by atoms with van der Waals surface area (Å²) in [5.74, 6) is -0.917. The number of hydrogen-bond acceptors (Lipinski definition) is 6. The van der Waals surface area contributed by atoms with E-state index in [9.17, 15) is 13.2 Å². The first kappa shape index (κ1) is 15.0. The maximum absolute atomic E-state index is 12.3. The van der Waals surface area contributed by atoms with Gasteiger partial charge in [-0.3, -0.25) is 14.2 Å². The van der Waals surface area contributed by atoms with Gasteiger partial charge in [-0.25, -0.2) is 8.42 Å². The minimum atomic E-state index is -3.87. The molecule has 0 atom stereocenters. The first-order chi connectivity index (χ1) is 9.81. The molecule has 0 aliphatic rings. The summed E-state index contributed by atoms with van der Waals surface area (Å²) >= 11 is 0. The van der Waals surface area contributed by atoms with Gasteiger partial charge in [-0.15, -0.1) is 0 Å². The fourth-order valence-corrected chi connectivity index (χ4v) is 3.35. The Morgan fingerprint density at radius 1 is 1.48 bits per heavy atom. The van der Waals surface area contributed by atoms with Gasteiger partial charge in [0.1, 0.15) is 11.2 Å². The number of hydrogen-bond donors (Lipinski definition) is 2. The minimum Gasteiger partial charge on any atom is -0.481 e. The molecule has 0 fully saturated rings. The van der Waals surface area contributed by atoms with E-state index in [0.29, 0.717) is 5.69 Å². The summed E-state index contributed by atoms with van der Waals surface area (Å²) in [5.41, 5.74) is 0.652. The van der Waals surface area contributed by atoms with Crippen LogP contribution in [0.4, 0.5) is 5.82 Å². The van der Waals surface area contributed by atoms with Crippen molar-refractivity contribution in [1.82, 2.24) is 14.9 Å². The molecule has 114 valence electrons. The van der Waals surface area contributed by atoms with Crippen molar-refractivity contribution in [3.05, 3.63) is 23.7 Å². The highest BCUT2D eigenvalue weighted by atomic mass is 32.2. The normalized spacial score (nSPS) is 11.5. The molecule has 2 aromatic rings. The molecule has 0 aromatic carbocycles. The van der Waals surface area contributed by atoms with Crippen LogP contribution >= 0.6 is 0 Å². The molecule has 0 unspecified atom stereocenters. The predicted molar refractivity (Wildman–Crippen MR) is 71.3 cm³/mol. The Hall–Kier alpha value is -2.36. The number of aryl methyl sites for hydroxylation is 2. The Kier molecular flexibility index (Phi) is 3.98. The Morgan fingerprint density at radius 3 is 2.76 bits per heavy atom. The molecular formula is C11H14N4O5S. The van der Waals surface area contributed by atoms with E-state index in [2.05, 4.69) is 19.5 Å². The molecule has 0 amide bonds. The van der Waals surface area contributed by atoms with Gasteiger partial charge in [-0.1, -0.05) is 5.16 Å². The van der Waals surface area contributed by atoms with Gasteiger partial charge in [-0.2, -0.15) is 5.10 Å². The highest BCUT2D eigenvalue weighted by Crippen LogP contribution is 2.22. The molecule has 0 radical (unpaired) electrons. The monoisotopic (exact) mass is 314 g/mol. The predicted octanol–water partition coefficient (Wildman–Crippen LogP) is 0.763. The molecule has 0 bridgehead atoms. The molecule has 2 N–H and O–H groups in total. The Bertz CT molecular complexity index is 748. The summed E-state index contributed by atoms with van der Waals surface area (Å²) in [6, 6.07) is 1.37. The average Bonchev–Trinajstić information content (AvgIpc) is 2.94. The smallest absolute Gasteiger partial charge is 0.305 e. The van der Waals surface area contributed by atoms with E-state index in [1.54, 1.807) is 13.8 Å². The van der Waals surface area contributed by atoms with Crippen LogP contribution in [0, 0.1) is 13.8 Å². The third-order valence-electron chi connectivity index (χ3n) is 2.80. The van der Waals surface area contributed by atoms with Crippen LogP contribution < -0.4 is 4.72 Å². The molecule has 2 heterocycles. The molecule has 0 aliphatic carbocycles. The van der Waals surface area contributed by atoms with Gasteiger partial charge in [0.15, 0.2) is 5.82 Å². The number of carbonyl (C=O) groups is 1. The standard InChI is InChI=1S/C11H14N4O5S/c1-7-11(8(2)15(12-7)5-3-10(16)17)21(18,19)14-9-4-6-20-13-9/h4,6H,3,5H2,1-2H3,(H,13,14)(H,16,17). The highest BCUT2D eigenvalue weighted by Gasteiger charge is 2.25. The third kappa shape index (κ3) is 3.21. The van der Waals surface area contributed by atoms with Crippen LogP contribution in [0.3, 0.4) is 0 Å². The fraction of sp³-hybridized carbons (Fsp3) is 0.364.